The molecule has 0 unspecified atom stereocenters. The normalized spacial score (nSPS) is 13.2. The predicted octanol–water partition coefficient (Wildman–Crippen LogP) is 11.9. The lowest BCUT2D eigenvalue weighted by molar-refractivity contribution is 1.30. The summed E-state index contributed by atoms with van der Waals surface area (Å²) in [5.41, 5.74) is 6.00. The van der Waals surface area contributed by atoms with Gasteiger partial charge in [-0.2, -0.15) is 0 Å². The fourth-order valence-corrected chi connectivity index (χ4v) is 16.4. The van der Waals surface area contributed by atoms with Crippen molar-refractivity contribution < 1.29 is 0 Å². The summed E-state index contributed by atoms with van der Waals surface area (Å²) in [6, 6.07) is 67.6. The van der Waals surface area contributed by atoms with Crippen LogP contribution in [0.15, 0.2) is 182 Å². The zero-order valence-corrected chi connectivity index (χ0v) is 31.9. The van der Waals surface area contributed by atoms with Crippen molar-refractivity contribution in [3.8, 4) is 11.1 Å². The summed E-state index contributed by atoms with van der Waals surface area (Å²) in [6.07, 6.45) is 0. The molecule has 0 radical (unpaired) electrons. The summed E-state index contributed by atoms with van der Waals surface area (Å²) in [4.78, 5) is 2.48. The zero-order chi connectivity index (χ0) is 35.1. The highest BCUT2D eigenvalue weighted by molar-refractivity contribution is 7.26. The first-order chi connectivity index (χ1) is 26.2. The van der Waals surface area contributed by atoms with Crippen molar-refractivity contribution in [2.24, 2.45) is 0 Å². The zero-order valence-electron chi connectivity index (χ0n) is 28.5. The Bertz CT molecular complexity index is 2890. The maximum atomic E-state index is 6.89. The van der Waals surface area contributed by atoms with E-state index in [1.807, 2.05) is 28.7 Å². The third-order valence-electron chi connectivity index (χ3n) is 11.0. The fraction of sp³-hybridized carbons (Fsp3) is 0. The molecule has 53 heavy (non-hydrogen) atoms. The monoisotopic (exact) mass is 747 g/mol. The first-order valence-corrected chi connectivity index (χ1v) is 21.9. The van der Waals surface area contributed by atoms with Crippen LogP contribution in [0.5, 0.6) is 0 Å². The average Bonchev–Trinajstić information content (AvgIpc) is 3.86. The molecule has 1 aliphatic rings. The van der Waals surface area contributed by atoms with Crippen LogP contribution >= 0.6 is 34.3 Å². The van der Waals surface area contributed by atoms with E-state index in [1.54, 1.807) is 0 Å². The molecule has 250 valence electrons. The Hall–Kier alpha value is -5.49. The maximum Gasteiger partial charge on any atom is 0.180 e. The molecule has 0 N–H and O–H groups in total. The van der Waals surface area contributed by atoms with E-state index < -0.39 is 8.07 Å². The van der Waals surface area contributed by atoms with Gasteiger partial charge in [0.1, 0.15) is 0 Å². The lowest BCUT2D eigenvalue weighted by Crippen LogP contribution is -2.72. The fourth-order valence-electron chi connectivity index (χ4n) is 8.74. The first kappa shape index (κ1) is 31.1. The number of nitrogens with zero attached hydrogens (tertiary/aromatic N) is 1. The number of rotatable bonds is 5. The molecule has 1 nitrogen and oxygen atoms in total. The Kier molecular flexibility index (Phi) is 7.05. The van der Waals surface area contributed by atoms with E-state index in [0.717, 1.165) is 22.1 Å². The van der Waals surface area contributed by atoms with Gasteiger partial charge in [0, 0.05) is 62.4 Å². The number of anilines is 3. The molecule has 8 aromatic carbocycles. The van der Waals surface area contributed by atoms with Crippen molar-refractivity contribution in [2.75, 3.05) is 4.90 Å². The number of hydrogen-bond donors (Lipinski definition) is 0. The number of fused-ring (bicyclic) bond motifs is 9. The van der Waals surface area contributed by atoms with Crippen LogP contribution in [0.3, 0.4) is 0 Å². The van der Waals surface area contributed by atoms with Crippen molar-refractivity contribution in [3.05, 3.63) is 187 Å². The topological polar surface area (TPSA) is 3.24 Å². The minimum absolute atomic E-state index is 0.773. The third kappa shape index (κ3) is 4.67. The van der Waals surface area contributed by atoms with Crippen LogP contribution in [0, 0.1) is 0 Å². The van der Waals surface area contributed by atoms with E-state index in [1.165, 1.54) is 72.2 Å². The number of thiophene rings is 2. The summed E-state index contributed by atoms with van der Waals surface area (Å²) in [6.45, 7) is 0. The molecule has 0 spiro atoms. The highest BCUT2D eigenvalue weighted by atomic mass is 35.5. The van der Waals surface area contributed by atoms with Gasteiger partial charge < -0.3 is 4.90 Å². The van der Waals surface area contributed by atoms with Crippen molar-refractivity contribution in [1.82, 2.24) is 0 Å². The van der Waals surface area contributed by atoms with E-state index in [2.05, 4.69) is 181 Å². The van der Waals surface area contributed by atoms with Crippen LogP contribution in [0.25, 0.3) is 51.5 Å². The summed E-state index contributed by atoms with van der Waals surface area (Å²) in [7, 11) is -2.78. The van der Waals surface area contributed by atoms with E-state index in [-0.39, 0.29) is 0 Å². The molecule has 2 aromatic heterocycles. The van der Waals surface area contributed by atoms with Gasteiger partial charge in [-0.3, -0.25) is 0 Å². The van der Waals surface area contributed by atoms with Gasteiger partial charge in [0.2, 0.25) is 0 Å². The van der Waals surface area contributed by atoms with Crippen LogP contribution < -0.4 is 25.6 Å². The predicted molar refractivity (Wildman–Crippen MR) is 235 cm³/mol. The lowest BCUT2D eigenvalue weighted by atomic mass is 10.0. The van der Waals surface area contributed by atoms with Gasteiger partial charge >= 0.3 is 0 Å². The van der Waals surface area contributed by atoms with Gasteiger partial charge in [-0.05, 0) is 105 Å². The van der Waals surface area contributed by atoms with Crippen LogP contribution in [-0.2, 0) is 0 Å². The molecule has 1 aliphatic heterocycles. The Labute approximate surface area is 321 Å². The second kappa shape index (κ2) is 12.0. The van der Waals surface area contributed by atoms with Gasteiger partial charge in [0.05, 0.1) is 0 Å². The Morgan fingerprint density at radius 1 is 0.377 bits per heavy atom. The number of benzene rings is 8. The quantitative estimate of drug-likeness (QED) is 0.158. The van der Waals surface area contributed by atoms with Crippen LogP contribution in [0.2, 0.25) is 5.02 Å². The van der Waals surface area contributed by atoms with Crippen molar-refractivity contribution in [2.45, 2.75) is 0 Å². The van der Waals surface area contributed by atoms with Gasteiger partial charge in [0.25, 0.3) is 0 Å². The largest absolute Gasteiger partial charge is 0.310 e. The smallest absolute Gasteiger partial charge is 0.180 e. The summed E-state index contributed by atoms with van der Waals surface area (Å²) in [5.74, 6) is 0. The molecule has 5 heteroatoms. The Morgan fingerprint density at radius 3 is 1.38 bits per heavy atom. The molecule has 0 atom stereocenters. The van der Waals surface area contributed by atoms with Gasteiger partial charge in [-0.1, -0.05) is 121 Å². The van der Waals surface area contributed by atoms with E-state index >= 15 is 0 Å². The van der Waals surface area contributed by atoms with Crippen LogP contribution in [-0.4, -0.2) is 8.07 Å². The second-order valence-electron chi connectivity index (χ2n) is 13.8. The molecular formula is C48H30ClNS2Si. The average molecular weight is 748 g/mol. The SMILES string of the molecule is Clc1ccc2c(c1)[Si](c1ccccc1)(c1ccccc1)c1cc(N(c3ccc4sc5ccccc5c4c3)c3ccc4sc5ccccc5c4c3)ccc1-2. The van der Waals surface area contributed by atoms with E-state index in [4.69, 9.17) is 11.6 Å². The van der Waals surface area contributed by atoms with Gasteiger partial charge in [0.15, 0.2) is 8.07 Å². The second-order valence-corrected chi connectivity index (χ2v) is 20.1. The van der Waals surface area contributed by atoms with Crippen molar-refractivity contribution in [1.29, 1.82) is 0 Å². The first-order valence-electron chi connectivity index (χ1n) is 17.9. The van der Waals surface area contributed by atoms with Crippen molar-refractivity contribution in [3.63, 3.8) is 0 Å². The number of halogens is 1. The molecule has 11 rings (SSSR count). The van der Waals surface area contributed by atoms with Crippen molar-refractivity contribution >= 4 is 121 Å². The van der Waals surface area contributed by atoms with E-state index in [9.17, 15) is 0 Å². The minimum Gasteiger partial charge on any atom is -0.310 e. The summed E-state index contributed by atoms with van der Waals surface area (Å²) in [5, 5.41) is 11.4. The third-order valence-corrected chi connectivity index (χ3v) is 18.4. The molecule has 0 amide bonds. The standard InChI is InChI=1S/C48H30ClNS2Si/c49-31-19-23-39-40-24-20-34(30-48(40)53(47(39)27-31,35-11-3-1-4-12-35)36-13-5-2-6-14-36)50(32-21-25-45-41(28-32)37-15-7-9-17-43(37)51-45)33-22-26-46-42(29-33)38-16-8-10-18-44(38)52-46/h1-30H. The minimum atomic E-state index is -2.78. The molecule has 0 aliphatic carbocycles. The Morgan fingerprint density at radius 2 is 0.811 bits per heavy atom. The maximum absolute atomic E-state index is 6.89. The molecule has 0 saturated heterocycles. The molecule has 0 saturated carbocycles. The Balaban J connectivity index is 1.21. The summed E-state index contributed by atoms with van der Waals surface area (Å²) >= 11 is 10.6. The highest BCUT2D eigenvalue weighted by Gasteiger charge is 2.49. The number of hydrogen-bond acceptors (Lipinski definition) is 3. The summed E-state index contributed by atoms with van der Waals surface area (Å²) < 4.78 is 5.23. The molecular weight excluding hydrogens is 718 g/mol. The van der Waals surface area contributed by atoms with E-state index in [0.29, 0.717) is 0 Å². The van der Waals surface area contributed by atoms with Gasteiger partial charge in [-0.25, -0.2) is 0 Å². The molecule has 10 aromatic rings. The highest BCUT2D eigenvalue weighted by Crippen LogP contribution is 2.44. The lowest BCUT2D eigenvalue weighted by Gasteiger charge is -2.33. The molecule has 0 fully saturated rings. The van der Waals surface area contributed by atoms with Gasteiger partial charge in [-0.15, -0.1) is 22.7 Å². The van der Waals surface area contributed by atoms with Crippen LogP contribution in [0.4, 0.5) is 17.1 Å². The van der Waals surface area contributed by atoms with Crippen LogP contribution in [0.1, 0.15) is 0 Å². The molecule has 3 heterocycles. The molecule has 0 bridgehead atoms.